The summed E-state index contributed by atoms with van der Waals surface area (Å²) >= 11 is 0. The number of aryl methyl sites for hydroxylation is 1. The molecule has 0 aromatic heterocycles. The van der Waals surface area contributed by atoms with Crippen molar-refractivity contribution in [3.8, 4) is 5.75 Å². The van der Waals surface area contributed by atoms with E-state index in [2.05, 4.69) is 0 Å². The summed E-state index contributed by atoms with van der Waals surface area (Å²) in [6.45, 7) is 6.53. The SMILES string of the molecule is CCOc1cccc(C(=O)c2cccc(C)c2C)c1. The van der Waals surface area contributed by atoms with Gasteiger partial charge in [0.2, 0.25) is 0 Å². The van der Waals surface area contributed by atoms with Crippen LogP contribution in [0.3, 0.4) is 0 Å². The van der Waals surface area contributed by atoms with Crippen LogP contribution < -0.4 is 4.74 Å². The van der Waals surface area contributed by atoms with Gasteiger partial charge in [0, 0.05) is 11.1 Å². The largest absolute Gasteiger partial charge is 0.494 e. The minimum atomic E-state index is 0.0442. The molecule has 0 aliphatic carbocycles. The summed E-state index contributed by atoms with van der Waals surface area (Å²) in [6.07, 6.45) is 0. The Morgan fingerprint density at radius 1 is 1.11 bits per heavy atom. The van der Waals surface area contributed by atoms with Gasteiger partial charge in [-0.2, -0.15) is 0 Å². The fourth-order valence-electron chi connectivity index (χ4n) is 2.05. The van der Waals surface area contributed by atoms with E-state index in [4.69, 9.17) is 4.74 Å². The second-order valence-corrected chi connectivity index (χ2v) is 4.54. The Bertz CT molecular complexity index is 600. The molecule has 2 aromatic rings. The van der Waals surface area contributed by atoms with Crippen molar-refractivity contribution in [1.29, 1.82) is 0 Å². The Labute approximate surface area is 114 Å². The van der Waals surface area contributed by atoms with Crippen molar-refractivity contribution in [2.24, 2.45) is 0 Å². The highest BCUT2D eigenvalue weighted by Gasteiger charge is 2.13. The van der Waals surface area contributed by atoms with Crippen LogP contribution in [0.1, 0.15) is 34.0 Å². The molecule has 0 saturated carbocycles. The Hall–Kier alpha value is -2.09. The molecule has 2 heteroatoms. The van der Waals surface area contributed by atoms with Gasteiger partial charge in [-0.25, -0.2) is 0 Å². The highest BCUT2D eigenvalue weighted by molar-refractivity contribution is 6.10. The van der Waals surface area contributed by atoms with E-state index in [1.165, 1.54) is 0 Å². The molecule has 2 aromatic carbocycles. The van der Waals surface area contributed by atoms with Gasteiger partial charge in [0.05, 0.1) is 6.61 Å². The van der Waals surface area contributed by atoms with E-state index in [1.54, 1.807) is 6.07 Å². The predicted octanol–water partition coefficient (Wildman–Crippen LogP) is 3.93. The van der Waals surface area contributed by atoms with Crippen LogP contribution in [0.15, 0.2) is 42.5 Å². The fraction of sp³-hybridized carbons (Fsp3) is 0.235. The van der Waals surface area contributed by atoms with Gasteiger partial charge in [-0.05, 0) is 44.0 Å². The number of carbonyl (C=O) groups excluding carboxylic acids is 1. The summed E-state index contributed by atoms with van der Waals surface area (Å²) in [5.41, 5.74) is 3.59. The first-order valence-electron chi connectivity index (χ1n) is 6.47. The Kier molecular flexibility index (Phi) is 4.00. The van der Waals surface area contributed by atoms with Crippen LogP contribution in [0.5, 0.6) is 5.75 Å². The summed E-state index contributed by atoms with van der Waals surface area (Å²) in [7, 11) is 0. The number of ether oxygens (including phenoxy) is 1. The van der Waals surface area contributed by atoms with Crippen LogP contribution in [0.2, 0.25) is 0 Å². The first-order valence-corrected chi connectivity index (χ1v) is 6.47. The van der Waals surface area contributed by atoms with Gasteiger partial charge in [-0.1, -0.05) is 30.3 Å². The van der Waals surface area contributed by atoms with E-state index < -0.39 is 0 Å². The fourth-order valence-corrected chi connectivity index (χ4v) is 2.05. The van der Waals surface area contributed by atoms with Gasteiger partial charge in [-0.15, -0.1) is 0 Å². The van der Waals surface area contributed by atoms with E-state index in [-0.39, 0.29) is 5.78 Å². The number of carbonyl (C=O) groups is 1. The van der Waals surface area contributed by atoms with Crippen LogP contribution >= 0.6 is 0 Å². The molecular formula is C17H18O2. The molecule has 0 amide bonds. The number of rotatable bonds is 4. The van der Waals surface area contributed by atoms with Crippen LogP contribution in [0.4, 0.5) is 0 Å². The molecule has 2 nitrogen and oxygen atoms in total. The second kappa shape index (κ2) is 5.70. The lowest BCUT2D eigenvalue weighted by molar-refractivity contribution is 0.103. The van der Waals surface area contributed by atoms with Gasteiger partial charge in [-0.3, -0.25) is 4.79 Å². The molecule has 0 fully saturated rings. The number of ketones is 1. The average Bonchev–Trinajstić information content (AvgIpc) is 2.42. The molecule has 0 aliphatic heterocycles. The third kappa shape index (κ3) is 2.84. The highest BCUT2D eigenvalue weighted by Crippen LogP contribution is 2.20. The van der Waals surface area contributed by atoms with E-state index in [0.29, 0.717) is 12.2 Å². The number of benzene rings is 2. The topological polar surface area (TPSA) is 26.3 Å². The monoisotopic (exact) mass is 254 g/mol. The maximum absolute atomic E-state index is 12.5. The quantitative estimate of drug-likeness (QED) is 0.773. The Balaban J connectivity index is 2.38. The molecule has 0 heterocycles. The molecule has 0 spiro atoms. The normalized spacial score (nSPS) is 10.3. The summed E-state index contributed by atoms with van der Waals surface area (Å²) in [5.74, 6) is 0.779. The molecule has 0 N–H and O–H groups in total. The van der Waals surface area contributed by atoms with E-state index in [0.717, 1.165) is 22.4 Å². The third-order valence-electron chi connectivity index (χ3n) is 3.26. The average molecular weight is 254 g/mol. The molecule has 19 heavy (non-hydrogen) atoms. The van der Waals surface area contributed by atoms with Gasteiger partial charge in [0.15, 0.2) is 5.78 Å². The van der Waals surface area contributed by atoms with Crippen LogP contribution in [0, 0.1) is 13.8 Å². The van der Waals surface area contributed by atoms with Gasteiger partial charge < -0.3 is 4.74 Å². The van der Waals surface area contributed by atoms with Crippen LogP contribution in [-0.4, -0.2) is 12.4 Å². The lowest BCUT2D eigenvalue weighted by Crippen LogP contribution is -2.05. The van der Waals surface area contributed by atoms with Crippen molar-refractivity contribution in [1.82, 2.24) is 0 Å². The van der Waals surface area contributed by atoms with Crippen molar-refractivity contribution in [2.45, 2.75) is 20.8 Å². The molecule has 0 aliphatic rings. The lowest BCUT2D eigenvalue weighted by atomic mass is 9.96. The van der Waals surface area contributed by atoms with Gasteiger partial charge >= 0.3 is 0 Å². The zero-order chi connectivity index (χ0) is 13.8. The van der Waals surface area contributed by atoms with Crippen molar-refractivity contribution in [3.63, 3.8) is 0 Å². The zero-order valence-corrected chi connectivity index (χ0v) is 11.6. The van der Waals surface area contributed by atoms with Crippen LogP contribution in [-0.2, 0) is 0 Å². The van der Waals surface area contributed by atoms with Crippen molar-refractivity contribution < 1.29 is 9.53 Å². The first-order chi connectivity index (χ1) is 9.13. The minimum absolute atomic E-state index is 0.0442. The molecule has 0 unspecified atom stereocenters. The third-order valence-corrected chi connectivity index (χ3v) is 3.26. The van der Waals surface area contributed by atoms with Crippen molar-refractivity contribution in [2.75, 3.05) is 6.61 Å². The number of hydrogen-bond donors (Lipinski definition) is 0. The smallest absolute Gasteiger partial charge is 0.193 e. The van der Waals surface area contributed by atoms with E-state index >= 15 is 0 Å². The van der Waals surface area contributed by atoms with Gasteiger partial charge in [0.25, 0.3) is 0 Å². The van der Waals surface area contributed by atoms with Crippen molar-refractivity contribution >= 4 is 5.78 Å². The summed E-state index contributed by atoms with van der Waals surface area (Å²) in [6, 6.07) is 13.1. The predicted molar refractivity (Wildman–Crippen MR) is 77.0 cm³/mol. The molecule has 2 rings (SSSR count). The van der Waals surface area contributed by atoms with Gasteiger partial charge in [0.1, 0.15) is 5.75 Å². The zero-order valence-electron chi connectivity index (χ0n) is 11.6. The molecule has 0 bridgehead atoms. The van der Waals surface area contributed by atoms with Crippen molar-refractivity contribution in [3.05, 3.63) is 64.7 Å². The molecule has 0 saturated heterocycles. The minimum Gasteiger partial charge on any atom is -0.494 e. The number of hydrogen-bond acceptors (Lipinski definition) is 2. The Morgan fingerprint density at radius 2 is 1.84 bits per heavy atom. The Morgan fingerprint density at radius 3 is 2.58 bits per heavy atom. The highest BCUT2D eigenvalue weighted by atomic mass is 16.5. The summed E-state index contributed by atoms with van der Waals surface area (Å²) in [4.78, 5) is 12.5. The standard InChI is InChI=1S/C17H18O2/c1-4-19-15-9-6-8-14(11-15)17(18)16-10-5-7-12(2)13(16)3/h5-11H,4H2,1-3H3. The molecule has 0 radical (unpaired) electrons. The maximum Gasteiger partial charge on any atom is 0.193 e. The summed E-state index contributed by atoms with van der Waals surface area (Å²) < 4.78 is 5.43. The van der Waals surface area contributed by atoms with E-state index in [9.17, 15) is 4.79 Å². The maximum atomic E-state index is 12.5. The van der Waals surface area contributed by atoms with Crippen LogP contribution in [0.25, 0.3) is 0 Å². The molecule has 0 atom stereocenters. The van der Waals surface area contributed by atoms with E-state index in [1.807, 2.05) is 57.2 Å². The second-order valence-electron chi connectivity index (χ2n) is 4.54. The molecular weight excluding hydrogens is 236 g/mol. The summed E-state index contributed by atoms with van der Waals surface area (Å²) in [5, 5.41) is 0. The molecule has 98 valence electrons. The lowest BCUT2D eigenvalue weighted by Gasteiger charge is -2.09. The first kappa shape index (κ1) is 13.3.